The number of rotatable bonds is 8. The molecule has 2 aliphatic heterocycles. The van der Waals surface area contributed by atoms with Crippen molar-refractivity contribution in [3.05, 3.63) is 29.8 Å². The first-order valence-corrected chi connectivity index (χ1v) is 11.3. The summed E-state index contributed by atoms with van der Waals surface area (Å²) in [7, 11) is 2.96. The number of carbonyl (C=O) groups excluding carboxylic acids is 4. The molecule has 0 aliphatic carbocycles. The van der Waals surface area contributed by atoms with Crippen LogP contribution in [0.25, 0.3) is 0 Å². The Morgan fingerprint density at radius 1 is 1.23 bits per heavy atom. The van der Waals surface area contributed by atoms with Gasteiger partial charge in [-0.1, -0.05) is 0 Å². The average molecular weight is 488 g/mol. The molecule has 0 aromatic heterocycles. The van der Waals surface area contributed by atoms with Gasteiger partial charge in [-0.2, -0.15) is 0 Å². The van der Waals surface area contributed by atoms with E-state index in [9.17, 15) is 24.0 Å². The second kappa shape index (κ2) is 11.4. The van der Waals surface area contributed by atoms with E-state index in [1.54, 1.807) is 24.3 Å². The van der Waals surface area contributed by atoms with Gasteiger partial charge in [-0.3, -0.25) is 34.0 Å². The molecule has 2 heterocycles. The van der Waals surface area contributed by atoms with Gasteiger partial charge in [0.05, 0.1) is 19.6 Å². The summed E-state index contributed by atoms with van der Waals surface area (Å²) in [4.78, 5) is 67.1. The monoisotopic (exact) mass is 487 g/mol. The van der Waals surface area contributed by atoms with Gasteiger partial charge in [-0.15, -0.1) is 0 Å². The van der Waals surface area contributed by atoms with Crippen molar-refractivity contribution in [2.24, 2.45) is 4.99 Å². The van der Waals surface area contributed by atoms with Crippen LogP contribution in [0.15, 0.2) is 29.3 Å². The highest BCUT2D eigenvalue weighted by atomic mass is 16.5. The molecule has 2 aliphatic rings. The number of fused-ring (bicyclic) bond motifs is 1. The Hall–Kier alpha value is -3.96. The highest BCUT2D eigenvalue weighted by Gasteiger charge is 2.44. The number of ether oxygens (including phenoxy) is 1. The van der Waals surface area contributed by atoms with Gasteiger partial charge in [0, 0.05) is 31.8 Å². The molecular formula is C23H29N5O7. The fraction of sp³-hybridized carbons (Fsp3) is 0.478. The number of carboxylic acid groups (broad SMARTS) is 1. The molecule has 0 unspecified atom stereocenters. The molecular weight excluding hydrogens is 458 g/mol. The number of amides is 4. The first-order valence-electron chi connectivity index (χ1n) is 11.3. The molecule has 4 amide bonds. The maximum atomic E-state index is 13.5. The van der Waals surface area contributed by atoms with Crippen molar-refractivity contribution in [2.45, 2.75) is 50.2 Å². The summed E-state index contributed by atoms with van der Waals surface area (Å²) in [6, 6.07) is 3.44. The van der Waals surface area contributed by atoms with Crippen LogP contribution in [-0.4, -0.2) is 89.8 Å². The number of hydrazine groups is 1. The lowest BCUT2D eigenvalue weighted by atomic mass is 10.0. The quantitative estimate of drug-likeness (QED) is 0.435. The van der Waals surface area contributed by atoms with Crippen molar-refractivity contribution in [1.29, 1.82) is 0 Å². The molecule has 0 bridgehead atoms. The molecule has 0 radical (unpaired) electrons. The molecule has 0 spiro atoms. The van der Waals surface area contributed by atoms with Crippen molar-refractivity contribution in [3.8, 4) is 5.75 Å². The fourth-order valence-electron chi connectivity index (χ4n) is 4.18. The van der Waals surface area contributed by atoms with Crippen LogP contribution in [0.1, 0.15) is 42.5 Å². The molecule has 1 aromatic rings. The largest absolute Gasteiger partial charge is 0.497 e. The number of benzene rings is 1. The van der Waals surface area contributed by atoms with Crippen LogP contribution in [-0.2, 0) is 19.2 Å². The van der Waals surface area contributed by atoms with E-state index in [4.69, 9.17) is 9.84 Å². The van der Waals surface area contributed by atoms with Crippen LogP contribution in [0.3, 0.4) is 0 Å². The molecule has 3 N–H and O–H groups in total. The van der Waals surface area contributed by atoms with Crippen molar-refractivity contribution >= 4 is 35.8 Å². The molecule has 2 fully saturated rings. The lowest BCUT2D eigenvalue weighted by molar-refractivity contribution is -0.176. The Kier molecular flexibility index (Phi) is 8.39. The molecule has 2 saturated heterocycles. The molecule has 12 nitrogen and oxygen atoms in total. The smallest absolute Gasteiger partial charge is 0.305 e. The summed E-state index contributed by atoms with van der Waals surface area (Å²) < 4.78 is 5.09. The average Bonchev–Trinajstić information content (AvgIpc) is 2.95. The standard InChI is InChI=1S/C23H29N5O7/c1-24-13-15(12-20(30)31)25-22(33)18-4-3-11-27-19(29)10-9-17(23(34)28(18)27)26-21(32)14-5-7-16(35-2)8-6-14/h5-8,13,15,17-18H,3-4,9-12H2,1-2H3,(H,25,33)(H,26,32)(H,30,31)/t15-,17-,18-/m0/s1. The van der Waals surface area contributed by atoms with Gasteiger partial charge < -0.3 is 20.5 Å². The van der Waals surface area contributed by atoms with Gasteiger partial charge >= 0.3 is 5.97 Å². The number of aliphatic imine (C=N–C) groups is 1. The Balaban J connectivity index is 1.80. The minimum Gasteiger partial charge on any atom is -0.497 e. The van der Waals surface area contributed by atoms with E-state index in [2.05, 4.69) is 15.6 Å². The summed E-state index contributed by atoms with van der Waals surface area (Å²) >= 11 is 0. The summed E-state index contributed by atoms with van der Waals surface area (Å²) in [5, 5.41) is 16.8. The third-order valence-corrected chi connectivity index (χ3v) is 5.87. The fourth-order valence-corrected chi connectivity index (χ4v) is 4.18. The zero-order valence-electron chi connectivity index (χ0n) is 19.6. The first-order chi connectivity index (χ1) is 16.7. The van der Waals surface area contributed by atoms with Crippen LogP contribution >= 0.6 is 0 Å². The molecule has 1 aromatic carbocycles. The summed E-state index contributed by atoms with van der Waals surface area (Å²) in [5.74, 6) is -2.53. The summed E-state index contributed by atoms with van der Waals surface area (Å²) in [6.45, 7) is 0.266. The van der Waals surface area contributed by atoms with E-state index < -0.39 is 41.8 Å². The van der Waals surface area contributed by atoms with Gasteiger partial charge in [-0.25, -0.2) is 5.01 Å². The third kappa shape index (κ3) is 6.14. The summed E-state index contributed by atoms with van der Waals surface area (Å²) in [5.41, 5.74) is 0.314. The number of hydrogen-bond donors (Lipinski definition) is 3. The number of methoxy groups -OCH3 is 1. The second-order valence-electron chi connectivity index (χ2n) is 8.27. The Bertz CT molecular complexity index is 1010. The van der Waals surface area contributed by atoms with Crippen LogP contribution in [0.4, 0.5) is 0 Å². The van der Waals surface area contributed by atoms with Gasteiger partial charge in [0.2, 0.25) is 11.8 Å². The van der Waals surface area contributed by atoms with Gasteiger partial charge in [0.25, 0.3) is 11.8 Å². The SMILES string of the molecule is CN=C[C@H](CC(=O)O)NC(=O)[C@@H]1CCCN2C(=O)CC[C@H](NC(=O)c3ccc(OC)cc3)C(=O)N12. The molecule has 3 atom stereocenters. The van der Waals surface area contributed by atoms with Crippen LogP contribution in [0, 0.1) is 0 Å². The molecule has 3 rings (SSSR count). The molecule has 35 heavy (non-hydrogen) atoms. The maximum Gasteiger partial charge on any atom is 0.305 e. The Morgan fingerprint density at radius 3 is 2.57 bits per heavy atom. The van der Waals surface area contributed by atoms with E-state index in [1.807, 2.05) is 0 Å². The molecule has 12 heteroatoms. The number of carboxylic acids is 1. The predicted molar refractivity (Wildman–Crippen MR) is 124 cm³/mol. The van der Waals surface area contributed by atoms with Crippen molar-refractivity contribution < 1.29 is 33.8 Å². The summed E-state index contributed by atoms with van der Waals surface area (Å²) in [6.07, 6.45) is 1.80. The second-order valence-corrected chi connectivity index (χ2v) is 8.27. The number of nitrogens with zero attached hydrogens (tertiary/aromatic N) is 3. The van der Waals surface area contributed by atoms with E-state index in [0.29, 0.717) is 17.7 Å². The highest BCUT2D eigenvalue weighted by Crippen LogP contribution is 2.25. The lowest BCUT2D eigenvalue weighted by Gasteiger charge is -2.43. The van der Waals surface area contributed by atoms with Crippen LogP contribution in [0.5, 0.6) is 5.75 Å². The Labute approximate surface area is 202 Å². The molecule has 188 valence electrons. The van der Waals surface area contributed by atoms with E-state index in [1.165, 1.54) is 25.4 Å². The zero-order chi connectivity index (χ0) is 25.5. The van der Waals surface area contributed by atoms with Crippen molar-refractivity contribution in [1.82, 2.24) is 20.7 Å². The van der Waals surface area contributed by atoms with Gasteiger partial charge in [0.15, 0.2) is 0 Å². The van der Waals surface area contributed by atoms with E-state index in [0.717, 1.165) is 5.01 Å². The zero-order valence-corrected chi connectivity index (χ0v) is 19.6. The van der Waals surface area contributed by atoms with E-state index in [-0.39, 0.29) is 38.1 Å². The minimum absolute atomic E-state index is 0.0221. The highest BCUT2D eigenvalue weighted by molar-refractivity contribution is 6.00. The number of carbonyl (C=O) groups is 5. The van der Waals surface area contributed by atoms with E-state index >= 15 is 0 Å². The normalized spacial score (nSPS) is 21.2. The van der Waals surface area contributed by atoms with Crippen molar-refractivity contribution in [3.63, 3.8) is 0 Å². The maximum absolute atomic E-state index is 13.5. The van der Waals surface area contributed by atoms with Gasteiger partial charge in [-0.05, 0) is 43.5 Å². The lowest BCUT2D eigenvalue weighted by Crippen LogP contribution is -2.64. The molecule has 0 saturated carbocycles. The first kappa shape index (κ1) is 25.7. The van der Waals surface area contributed by atoms with Crippen LogP contribution < -0.4 is 15.4 Å². The third-order valence-electron chi connectivity index (χ3n) is 5.87. The topological polar surface area (TPSA) is 158 Å². The van der Waals surface area contributed by atoms with Gasteiger partial charge in [0.1, 0.15) is 17.8 Å². The van der Waals surface area contributed by atoms with Crippen molar-refractivity contribution in [2.75, 3.05) is 20.7 Å². The number of aliphatic carboxylic acids is 1. The Morgan fingerprint density at radius 2 is 1.94 bits per heavy atom. The predicted octanol–water partition coefficient (Wildman–Crippen LogP) is -0.0179. The minimum atomic E-state index is -1.12. The number of hydrogen-bond acceptors (Lipinski definition) is 7. The number of nitrogens with one attached hydrogen (secondary N) is 2. The van der Waals surface area contributed by atoms with Crippen LogP contribution in [0.2, 0.25) is 0 Å².